The van der Waals surface area contributed by atoms with Crippen LogP contribution < -0.4 is 10.1 Å². The summed E-state index contributed by atoms with van der Waals surface area (Å²) in [6.45, 7) is 2.72. The standard InChI is InChI=1S/C19H20F3NO2/c1-2-3-4-12-25-17-10-8-14(9-11-17)18(24)23-16-7-5-6-15(13-16)19(20,21)22/h5-11,13H,2-4,12H2,1H3,(H,23,24). The highest BCUT2D eigenvalue weighted by molar-refractivity contribution is 6.04. The van der Waals surface area contributed by atoms with E-state index in [2.05, 4.69) is 12.2 Å². The first-order valence-electron chi connectivity index (χ1n) is 8.11. The molecule has 0 aromatic heterocycles. The monoisotopic (exact) mass is 351 g/mol. The Hall–Kier alpha value is -2.50. The van der Waals surface area contributed by atoms with Gasteiger partial charge in [-0.3, -0.25) is 4.79 Å². The predicted octanol–water partition coefficient (Wildman–Crippen LogP) is 5.53. The van der Waals surface area contributed by atoms with Crippen LogP contribution >= 0.6 is 0 Å². The van der Waals surface area contributed by atoms with E-state index in [9.17, 15) is 18.0 Å². The summed E-state index contributed by atoms with van der Waals surface area (Å²) in [6, 6.07) is 11.0. The highest BCUT2D eigenvalue weighted by Crippen LogP contribution is 2.30. The van der Waals surface area contributed by atoms with Crippen molar-refractivity contribution in [2.45, 2.75) is 32.4 Å². The molecule has 2 aromatic rings. The summed E-state index contributed by atoms with van der Waals surface area (Å²) in [5, 5.41) is 2.47. The van der Waals surface area contributed by atoms with Gasteiger partial charge in [0.15, 0.2) is 0 Å². The van der Waals surface area contributed by atoms with Crippen LogP contribution in [0.15, 0.2) is 48.5 Å². The summed E-state index contributed by atoms with van der Waals surface area (Å²) in [4.78, 5) is 12.2. The summed E-state index contributed by atoms with van der Waals surface area (Å²) >= 11 is 0. The summed E-state index contributed by atoms with van der Waals surface area (Å²) in [5.41, 5.74) is -0.362. The molecule has 0 saturated heterocycles. The van der Waals surface area contributed by atoms with Crippen molar-refractivity contribution in [1.29, 1.82) is 0 Å². The van der Waals surface area contributed by atoms with Crippen molar-refractivity contribution in [3.8, 4) is 5.75 Å². The number of halogens is 3. The van der Waals surface area contributed by atoms with Crippen molar-refractivity contribution in [3.63, 3.8) is 0 Å². The molecule has 0 unspecified atom stereocenters. The lowest BCUT2D eigenvalue weighted by atomic mass is 10.1. The lowest BCUT2D eigenvalue weighted by molar-refractivity contribution is -0.137. The number of benzene rings is 2. The molecule has 1 amide bonds. The fraction of sp³-hybridized carbons (Fsp3) is 0.316. The second kappa shape index (κ2) is 8.55. The maximum atomic E-state index is 12.7. The Morgan fingerprint density at radius 2 is 1.80 bits per heavy atom. The second-order valence-electron chi connectivity index (χ2n) is 5.61. The number of rotatable bonds is 7. The van der Waals surface area contributed by atoms with Gasteiger partial charge in [0, 0.05) is 11.3 Å². The van der Waals surface area contributed by atoms with Crippen molar-refractivity contribution in [2.75, 3.05) is 11.9 Å². The highest BCUT2D eigenvalue weighted by atomic mass is 19.4. The molecule has 25 heavy (non-hydrogen) atoms. The van der Waals surface area contributed by atoms with Crippen LogP contribution in [0.2, 0.25) is 0 Å². The first-order valence-corrected chi connectivity index (χ1v) is 8.11. The van der Waals surface area contributed by atoms with E-state index in [-0.39, 0.29) is 5.69 Å². The predicted molar refractivity (Wildman–Crippen MR) is 90.9 cm³/mol. The number of nitrogens with one attached hydrogen (secondary N) is 1. The molecule has 3 nitrogen and oxygen atoms in total. The Kier molecular flexibility index (Phi) is 6.44. The Balaban J connectivity index is 1.97. The smallest absolute Gasteiger partial charge is 0.416 e. The fourth-order valence-electron chi connectivity index (χ4n) is 2.22. The molecule has 0 fully saturated rings. The molecule has 2 rings (SSSR count). The van der Waals surface area contributed by atoms with Crippen LogP contribution in [0.5, 0.6) is 5.75 Å². The van der Waals surface area contributed by atoms with Gasteiger partial charge in [-0.2, -0.15) is 13.2 Å². The minimum atomic E-state index is -4.45. The molecule has 1 N–H and O–H groups in total. The van der Waals surface area contributed by atoms with Gasteiger partial charge in [0.25, 0.3) is 5.91 Å². The Morgan fingerprint density at radius 1 is 1.08 bits per heavy atom. The largest absolute Gasteiger partial charge is 0.494 e. The number of alkyl halides is 3. The van der Waals surface area contributed by atoms with Crippen molar-refractivity contribution >= 4 is 11.6 Å². The van der Waals surface area contributed by atoms with Crippen molar-refractivity contribution in [1.82, 2.24) is 0 Å². The summed E-state index contributed by atoms with van der Waals surface area (Å²) in [7, 11) is 0. The van der Waals surface area contributed by atoms with Crippen LogP contribution in [-0.4, -0.2) is 12.5 Å². The van der Waals surface area contributed by atoms with E-state index in [4.69, 9.17) is 4.74 Å². The molecule has 0 spiro atoms. The van der Waals surface area contributed by atoms with Gasteiger partial charge in [0.2, 0.25) is 0 Å². The fourth-order valence-corrected chi connectivity index (χ4v) is 2.22. The van der Waals surface area contributed by atoms with Crippen LogP contribution in [0.1, 0.15) is 42.1 Å². The average Bonchev–Trinajstić information content (AvgIpc) is 2.59. The molecule has 0 aliphatic rings. The SMILES string of the molecule is CCCCCOc1ccc(C(=O)Nc2cccc(C(F)(F)F)c2)cc1. The first kappa shape index (κ1) is 18.8. The number of hydrogen-bond donors (Lipinski definition) is 1. The van der Waals surface area contributed by atoms with Gasteiger partial charge in [-0.15, -0.1) is 0 Å². The normalized spacial score (nSPS) is 11.2. The number of anilines is 1. The van der Waals surface area contributed by atoms with Gasteiger partial charge in [-0.25, -0.2) is 0 Å². The topological polar surface area (TPSA) is 38.3 Å². The van der Waals surface area contributed by atoms with Crippen LogP contribution in [0, 0.1) is 0 Å². The van der Waals surface area contributed by atoms with Crippen LogP contribution in [-0.2, 0) is 6.18 Å². The summed E-state index contributed by atoms with van der Waals surface area (Å²) < 4.78 is 43.6. The lowest BCUT2D eigenvalue weighted by Crippen LogP contribution is -2.13. The molecule has 2 aromatic carbocycles. The number of hydrogen-bond acceptors (Lipinski definition) is 2. The number of carbonyl (C=O) groups excluding carboxylic acids is 1. The molecule has 0 aliphatic heterocycles. The molecule has 0 saturated carbocycles. The Labute approximate surface area is 144 Å². The van der Waals surface area contributed by atoms with Crippen molar-refractivity contribution < 1.29 is 22.7 Å². The van der Waals surface area contributed by atoms with E-state index in [1.807, 2.05) is 0 Å². The molecule has 134 valence electrons. The van der Waals surface area contributed by atoms with Crippen molar-refractivity contribution in [3.05, 3.63) is 59.7 Å². The van der Waals surface area contributed by atoms with E-state index in [1.54, 1.807) is 24.3 Å². The lowest BCUT2D eigenvalue weighted by Gasteiger charge is -2.10. The second-order valence-corrected chi connectivity index (χ2v) is 5.61. The van der Waals surface area contributed by atoms with E-state index in [0.29, 0.717) is 17.9 Å². The zero-order valence-corrected chi connectivity index (χ0v) is 13.9. The minimum Gasteiger partial charge on any atom is -0.494 e. The molecular formula is C19H20F3NO2. The van der Waals surface area contributed by atoms with Crippen LogP contribution in [0.25, 0.3) is 0 Å². The van der Waals surface area contributed by atoms with E-state index >= 15 is 0 Å². The van der Waals surface area contributed by atoms with Gasteiger partial charge in [0.05, 0.1) is 12.2 Å². The average molecular weight is 351 g/mol. The third-order valence-electron chi connectivity index (χ3n) is 3.58. The van der Waals surface area contributed by atoms with E-state index < -0.39 is 17.6 Å². The van der Waals surface area contributed by atoms with Gasteiger partial charge in [-0.1, -0.05) is 25.8 Å². The van der Waals surface area contributed by atoms with Gasteiger partial charge in [-0.05, 0) is 48.9 Å². The number of carbonyl (C=O) groups is 1. The van der Waals surface area contributed by atoms with Gasteiger partial charge < -0.3 is 10.1 Å². The number of ether oxygens (including phenoxy) is 1. The van der Waals surface area contributed by atoms with E-state index in [0.717, 1.165) is 31.4 Å². The Morgan fingerprint density at radius 3 is 2.44 bits per heavy atom. The Bertz CT molecular complexity index is 697. The molecule has 0 bridgehead atoms. The van der Waals surface area contributed by atoms with Crippen LogP contribution in [0.4, 0.5) is 18.9 Å². The van der Waals surface area contributed by atoms with Crippen LogP contribution in [0.3, 0.4) is 0 Å². The number of unbranched alkanes of at least 4 members (excludes halogenated alkanes) is 2. The minimum absolute atomic E-state index is 0.0970. The maximum Gasteiger partial charge on any atom is 0.416 e. The quantitative estimate of drug-likeness (QED) is 0.666. The molecular weight excluding hydrogens is 331 g/mol. The summed E-state index contributed by atoms with van der Waals surface area (Å²) in [6.07, 6.45) is -1.28. The first-order chi connectivity index (χ1) is 11.9. The van der Waals surface area contributed by atoms with Gasteiger partial charge in [0.1, 0.15) is 5.75 Å². The molecule has 0 aliphatic carbocycles. The molecule has 0 heterocycles. The zero-order chi connectivity index (χ0) is 18.3. The highest BCUT2D eigenvalue weighted by Gasteiger charge is 2.30. The van der Waals surface area contributed by atoms with Gasteiger partial charge >= 0.3 is 6.18 Å². The third kappa shape index (κ3) is 5.81. The number of amides is 1. The molecule has 6 heteroatoms. The zero-order valence-electron chi connectivity index (χ0n) is 13.9. The summed E-state index contributed by atoms with van der Waals surface area (Å²) in [5.74, 6) is 0.184. The molecule has 0 atom stereocenters. The maximum absolute atomic E-state index is 12.7. The molecule has 0 radical (unpaired) electrons. The third-order valence-corrected chi connectivity index (χ3v) is 3.58. The van der Waals surface area contributed by atoms with Crippen molar-refractivity contribution in [2.24, 2.45) is 0 Å². The van der Waals surface area contributed by atoms with E-state index in [1.165, 1.54) is 12.1 Å².